The number of nitrogens with zero attached hydrogens (tertiary/aromatic N) is 2. The maximum Gasteiger partial charge on any atom is 0.120 e. The van der Waals surface area contributed by atoms with Crippen molar-refractivity contribution in [1.29, 1.82) is 0 Å². The normalized spacial score (nSPS) is 10.5. The van der Waals surface area contributed by atoms with E-state index in [0.717, 1.165) is 22.5 Å². The van der Waals surface area contributed by atoms with Crippen molar-refractivity contribution in [2.75, 3.05) is 5.32 Å². The topological polar surface area (TPSA) is 50.1 Å². The lowest BCUT2D eigenvalue weighted by molar-refractivity contribution is 0.469. The van der Waals surface area contributed by atoms with Gasteiger partial charge in [-0.05, 0) is 43.3 Å². The molecule has 0 bridgehead atoms. The van der Waals surface area contributed by atoms with Crippen LogP contribution in [0.25, 0.3) is 5.69 Å². The molecule has 106 valence electrons. The number of nitrogens with one attached hydrogen (secondary N) is 1. The molecule has 0 aliphatic carbocycles. The predicted molar refractivity (Wildman–Crippen MR) is 83.7 cm³/mol. The van der Waals surface area contributed by atoms with Gasteiger partial charge in [0, 0.05) is 30.2 Å². The van der Waals surface area contributed by atoms with E-state index >= 15 is 0 Å². The second-order valence-electron chi connectivity index (χ2n) is 4.98. The van der Waals surface area contributed by atoms with Crippen LogP contribution in [0.3, 0.4) is 0 Å². The molecule has 0 amide bonds. The number of phenolic OH excluding ortho intramolecular Hbond substituents is 1. The molecule has 0 fully saturated rings. The van der Waals surface area contributed by atoms with Crippen LogP contribution in [0.1, 0.15) is 11.1 Å². The van der Waals surface area contributed by atoms with Gasteiger partial charge in [0.1, 0.15) is 5.75 Å². The van der Waals surface area contributed by atoms with Gasteiger partial charge in [0.05, 0.1) is 5.69 Å². The summed E-state index contributed by atoms with van der Waals surface area (Å²) >= 11 is 0. The molecule has 0 aliphatic rings. The first-order valence-electron chi connectivity index (χ1n) is 6.85. The maximum absolute atomic E-state index is 9.83. The number of rotatable bonds is 4. The van der Waals surface area contributed by atoms with Crippen molar-refractivity contribution in [3.8, 4) is 11.4 Å². The van der Waals surface area contributed by atoms with Gasteiger partial charge in [-0.2, -0.15) is 5.10 Å². The third-order valence-electron chi connectivity index (χ3n) is 3.35. The van der Waals surface area contributed by atoms with Gasteiger partial charge >= 0.3 is 0 Å². The fourth-order valence-electron chi connectivity index (χ4n) is 2.21. The second-order valence-corrected chi connectivity index (χ2v) is 4.98. The average Bonchev–Trinajstić information content (AvgIpc) is 3.03. The first kappa shape index (κ1) is 13.2. The van der Waals surface area contributed by atoms with E-state index in [1.54, 1.807) is 12.3 Å². The van der Waals surface area contributed by atoms with E-state index in [0.29, 0.717) is 12.3 Å². The number of anilines is 1. The molecule has 1 aromatic heterocycles. The summed E-state index contributed by atoms with van der Waals surface area (Å²) < 4.78 is 1.82. The number of hydrogen-bond acceptors (Lipinski definition) is 3. The summed E-state index contributed by atoms with van der Waals surface area (Å²) in [6.07, 6.45) is 3.67. The highest BCUT2D eigenvalue weighted by Gasteiger charge is 2.02. The third-order valence-corrected chi connectivity index (χ3v) is 3.35. The van der Waals surface area contributed by atoms with Crippen LogP contribution in [-0.2, 0) is 6.54 Å². The lowest BCUT2D eigenvalue weighted by Crippen LogP contribution is -2.01. The van der Waals surface area contributed by atoms with Crippen LogP contribution in [0.15, 0.2) is 60.9 Å². The minimum Gasteiger partial charge on any atom is -0.508 e. The maximum atomic E-state index is 9.83. The lowest BCUT2D eigenvalue weighted by atomic mass is 10.1. The molecule has 1 heterocycles. The van der Waals surface area contributed by atoms with Crippen LogP contribution in [0, 0.1) is 6.92 Å². The first-order valence-corrected chi connectivity index (χ1v) is 6.85. The van der Waals surface area contributed by atoms with Crippen molar-refractivity contribution in [3.63, 3.8) is 0 Å². The largest absolute Gasteiger partial charge is 0.508 e. The summed E-state index contributed by atoms with van der Waals surface area (Å²) in [5.41, 5.74) is 4.06. The number of aromatic nitrogens is 2. The van der Waals surface area contributed by atoms with Crippen molar-refractivity contribution in [2.24, 2.45) is 0 Å². The number of benzene rings is 2. The van der Waals surface area contributed by atoms with Gasteiger partial charge in [0.25, 0.3) is 0 Å². The molecule has 4 heteroatoms. The number of aryl methyl sites for hydroxylation is 1. The van der Waals surface area contributed by atoms with E-state index in [4.69, 9.17) is 0 Å². The smallest absolute Gasteiger partial charge is 0.120 e. The van der Waals surface area contributed by atoms with Crippen LogP contribution in [0.5, 0.6) is 5.75 Å². The summed E-state index contributed by atoms with van der Waals surface area (Å²) in [4.78, 5) is 0. The zero-order valence-corrected chi connectivity index (χ0v) is 11.8. The van der Waals surface area contributed by atoms with Crippen LogP contribution in [0.2, 0.25) is 0 Å². The van der Waals surface area contributed by atoms with E-state index in [1.807, 2.05) is 60.3 Å². The predicted octanol–water partition coefficient (Wildman–Crippen LogP) is 3.50. The lowest BCUT2D eigenvalue weighted by Gasteiger charge is -2.10. The van der Waals surface area contributed by atoms with Gasteiger partial charge < -0.3 is 10.4 Å². The van der Waals surface area contributed by atoms with E-state index < -0.39 is 0 Å². The van der Waals surface area contributed by atoms with Crippen molar-refractivity contribution in [1.82, 2.24) is 9.78 Å². The quantitative estimate of drug-likeness (QED) is 0.768. The molecule has 0 saturated carbocycles. The summed E-state index contributed by atoms with van der Waals surface area (Å²) in [6.45, 7) is 2.61. The SMILES string of the molecule is Cc1ccc(O)c(CNc2ccc(-n3cccn3)cc2)c1. The minimum atomic E-state index is 0.321. The van der Waals surface area contributed by atoms with E-state index in [-0.39, 0.29) is 0 Å². The van der Waals surface area contributed by atoms with Gasteiger partial charge in [-0.25, -0.2) is 4.68 Å². The highest BCUT2D eigenvalue weighted by atomic mass is 16.3. The number of hydrogen-bond donors (Lipinski definition) is 2. The Labute approximate surface area is 123 Å². The Bertz CT molecular complexity index is 718. The minimum absolute atomic E-state index is 0.321. The monoisotopic (exact) mass is 279 g/mol. The third kappa shape index (κ3) is 3.05. The summed E-state index contributed by atoms with van der Waals surface area (Å²) in [5.74, 6) is 0.321. The molecule has 0 spiro atoms. The van der Waals surface area contributed by atoms with Crippen LogP contribution < -0.4 is 5.32 Å². The molecular weight excluding hydrogens is 262 g/mol. The summed E-state index contributed by atoms with van der Waals surface area (Å²) in [5, 5.41) is 17.3. The fraction of sp³-hybridized carbons (Fsp3) is 0.118. The molecule has 4 nitrogen and oxygen atoms in total. The van der Waals surface area contributed by atoms with Crippen molar-refractivity contribution < 1.29 is 5.11 Å². The average molecular weight is 279 g/mol. The van der Waals surface area contributed by atoms with Gasteiger partial charge in [-0.3, -0.25) is 0 Å². The Hall–Kier alpha value is -2.75. The van der Waals surface area contributed by atoms with Gasteiger partial charge in [-0.15, -0.1) is 0 Å². The summed E-state index contributed by atoms with van der Waals surface area (Å²) in [6, 6.07) is 15.5. The number of aromatic hydroxyl groups is 1. The molecule has 0 radical (unpaired) electrons. The molecule has 3 aromatic rings. The summed E-state index contributed by atoms with van der Waals surface area (Å²) in [7, 11) is 0. The molecule has 0 unspecified atom stereocenters. The Morgan fingerprint density at radius 1 is 1.14 bits per heavy atom. The molecule has 2 aromatic carbocycles. The van der Waals surface area contributed by atoms with Crippen LogP contribution in [-0.4, -0.2) is 14.9 Å². The van der Waals surface area contributed by atoms with Crippen molar-refractivity contribution in [2.45, 2.75) is 13.5 Å². The van der Waals surface area contributed by atoms with Gasteiger partial charge in [0.2, 0.25) is 0 Å². The Morgan fingerprint density at radius 3 is 2.67 bits per heavy atom. The molecule has 3 rings (SSSR count). The Balaban J connectivity index is 1.70. The van der Waals surface area contributed by atoms with Crippen LogP contribution >= 0.6 is 0 Å². The van der Waals surface area contributed by atoms with Crippen LogP contribution in [0.4, 0.5) is 5.69 Å². The first-order chi connectivity index (χ1) is 10.2. The molecule has 0 saturated heterocycles. The molecule has 0 atom stereocenters. The van der Waals surface area contributed by atoms with Crippen molar-refractivity contribution >= 4 is 5.69 Å². The molecule has 21 heavy (non-hydrogen) atoms. The standard InChI is InChI=1S/C17H17N3O/c1-13-3-8-17(21)14(11-13)12-18-15-4-6-16(7-5-15)20-10-2-9-19-20/h2-11,18,21H,12H2,1H3. The Kier molecular flexibility index (Phi) is 3.60. The van der Waals surface area contributed by atoms with Gasteiger partial charge in [0.15, 0.2) is 0 Å². The van der Waals surface area contributed by atoms with Crippen molar-refractivity contribution in [3.05, 3.63) is 72.1 Å². The van der Waals surface area contributed by atoms with E-state index in [2.05, 4.69) is 10.4 Å². The second kappa shape index (κ2) is 5.71. The Morgan fingerprint density at radius 2 is 1.95 bits per heavy atom. The molecule has 2 N–H and O–H groups in total. The molecule has 0 aliphatic heterocycles. The fourth-order valence-corrected chi connectivity index (χ4v) is 2.21. The highest BCUT2D eigenvalue weighted by molar-refractivity contribution is 5.49. The zero-order valence-electron chi connectivity index (χ0n) is 11.8. The highest BCUT2D eigenvalue weighted by Crippen LogP contribution is 2.20. The van der Waals surface area contributed by atoms with E-state index in [9.17, 15) is 5.11 Å². The number of phenols is 1. The van der Waals surface area contributed by atoms with E-state index in [1.165, 1.54) is 0 Å². The zero-order chi connectivity index (χ0) is 14.7. The van der Waals surface area contributed by atoms with Gasteiger partial charge in [-0.1, -0.05) is 17.7 Å². The molecular formula is C17H17N3O.